The number of esters is 1. The first-order chi connectivity index (χ1) is 19.4. The number of benzene rings is 1. The van der Waals surface area contributed by atoms with Crippen molar-refractivity contribution in [1.29, 1.82) is 0 Å². The van der Waals surface area contributed by atoms with Crippen LogP contribution < -0.4 is 14.3 Å². The van der Waals surface area contributed by atoms with Crippen LogP contribution >= 0.6 is 7.75 Å². The van der Waals surface area contributed by atoms with E-state index in [1.165, 1.54) is 30.0 Å². The van der Waals surface area contributed by atoms with Gasteiger partial charge in [0.15, 0.2) is 17.4 Å². The fraction of sp³-hybridized carbons (Fsp3) is 0.520. The molecule has 3 N–H and O–H groups in total. The van der Waals surface area contributed by atoms with E-state index >= 15 is 4.39 Å². The molecule has 0 bridgehead atoms. The number of para-hydroxylation sites is 1. The zero-order valence-electron chi connectivity index (χ0n) is 23.1. The fourth-order valence-corrected chi connectivity index (χ4v) is 5.52. The van der Waals surface area contributed by atoms with E-state index < -0.39 is 56.8 Å². The van der Waals surface area contributed by atoms with Crippen molar-refractivity contribution in [2.75, 3.05) is 13.2 Å². The standard InChI is InChI=1S/C25H33FN5O9P/c1-6-36-22-18-21(28-16(5)29-22)31(13-27-18)23-19(32)20(33)25(26,39-23)12-37-41(35,40-17-10-8-7-9-11-17)30-15(4)24(34)38-14(2)3/h7-11,13-15,19-20,23,32-33H,6,12H2,1-5H3,(H,30,35)/t15-,19-,20+,23-,25-,41+/m1/s1. The Morgan fingerprint density at radius 3 is 2.61 bits per heavy atom. The third kappa shape index (κ3) is 6.83. The van der Waals surface area contributed by atoms with Gasteiger partial charge in [0, 0.05) is 0 Å². The number of fused-ring (bicyclic) bond motifs is 1. The summed E-state index contributed by atoms with van der Waals surface area (Å²) < 4.78 is 58.0. The van der Waals surface area contributed by atoms with Gasteiger partial charge in [0.05, 0.1) is 19.0 Å². The van der Waals surface area contributed by atoms with Crippen LogP contribution in [0, 0.1) is 6.92 Å². The van der Waals surface area contributed by atoms with E-state index in [0.29, 0.717) is 12.4 Å². The normalized spacial score (nSPS) is 24.8. The Hall–Kier alpha value is -3.20. The molecule has 0 radical (unpaired) electrons. The van der Waals surface area contributed by atoms with Gasteiger partial charge in [-0.25, -0.2) is 18.9 Å². The fourth-order valence-electron chi connectivity index (χ4n) is 4.02. The molecule has 224 valence electrons. The highest BCUT2D eigenvalue weighted by atomic mass is 31.2. The molecule has 1 aromatic carbocycles. The summed E-state index contributed by atoms with van der Waals surface area (Å²) in [4.78, 5) is 25.0. The smallest absolute Gasteiger partial charge is 0.459 e. The van der Waals surface area contributed by atoms with Crippen molar-refractivity contribution in [3.63, 3.8) is 0 Å². The average Bonchev–Trinajstić information content (AvgIpc) is 3.42. The summed E-state index contributed by atoms with van der Waals surface area (Å²) in [6.45, 7) is 7.17. The van der Waals surface area contributed by atoms with Gasteiger partial charge in [-0.15, -0.1) is 0 Å². The molecule has 0 saturated carbocycles. The van der Waals surface area contributed by atoms with Crippen molar-refractivity contribution in [2.45, 2.75) is 71.1 Å². The van der Waals surface area contributed by atoms with Crippen LogP contribution in [0.2, 0.25) is 0 Å². The first-order valence-electron chi connectivity index (χ1n) is 12.9. The lowest BCUT2D eigenvalue weighted by Gasteiger charge is -2.27. The molecule has 3 heterocycles. The lowest BCUT2D eigenvalue weighted by Crippen LogP contribution is -2.44. The third-order valence-corrected chi connectivity index (χ3v) is 7.51. The van der Waals surface area contributed by atoms with Crippen molar-refractivity contribution in [2.24, 2.45) is 0 Å². The minimum absolute atomic E-state index is 0.0940. The van der Waals surface area contributed by atoms with Crippen LogP contribution in [-0.4, -0.2) is 79.1 Å². The Bertz CT molecular complexity index is 1410. The second kappa shape index (κ2) is 12.3. The molecule has 41 heavy (non-hydrogen) atoms. The summed E-state index contributed by atoms with van der Waals surface area (Å²) in [6, 6.07) is 6.68. The van der Waals surface area contributed by atoms with Crippen LogP contribution in [0.15, 0.2) is 36.7 Å². The summed E-state index contributed by atoms with van der Waals surface area (Å²) in [6.07, 6.45) is -4.67. The number of hydrogen-bond donors (Lipinski definition) is 3. The molecule has 1 aliphatic rings. The number of rotatable bonds is 12. The Kier molecular flexibility index (Phi) is 9.26. The number of nitrogens with zero attached hydrogens (tertiary/aromatic N) is 4. The molecule has 6 atom stereocenters. The molecular formula is C25H33FN5O9P. The van der Waals surface area contributed by atoms with Crippen molar-refractivity contribution >= 4 is 24.9 Å². The number of aromatic nitrogens is 4. The number of carbonyl (C=O) groups excluding carboxylic acids is 1. The maximum atomic E-state index is 16.1. The summed E-state index contributed by atoms with van der Waals surface area (Å²) in [7, 11) is -4.50. The molecule has 3 aromatic rings. The maximum absolute atomic E-state index is 16.1. The Morgan fingerprint density at radius 1 is 1.24 bits per heavy atom. The van der Waals surface area contributed by atoms with Crippen LogP contribution in [0.5, 0.6) is 11.6 Å². The van der Waals surface area contributed by atoms with E-state index in [0.717, 1.165) is 0 Å². The summed E-state index contributed by atoms with van der Waals surface area (Å²) >= 11 is 0. The van der Waals surface area contributed by atoms with Crippen molar-refractivity contribution in [3.05, 3.63) is 42.5 Å². The van der Waals surface area contributed by atoms with Gasteiger partial charge < -0.3 is 28.9 Å². The Labute approximate surface area is 235 Å². The molecule has 1 fully saturated rings. The highest BCUT2D eigenvalue weighted by Gasteiger charge is 2.57. The van der Waals surface area contributed by atoms with Crippen molar-refractivity contribution < 1.29 is 47.2 Å². The number of aliphatic hydroxyl groups excluding tert-OH is 2. The van der Waals surface area contributed by atoms with E-state index in [4.69, 9.17) is 23.3 Å². The second-order valence-corrected chi connectivity index (χ2v) is 11.3. The second-order valence-electron chi connectivity index (χ2n) is 9.57. The quantitative estimate of drug-likeness (QED) is 0.205. The van der Waals surface area contributed by atoms with Crippen LogP contribution in [-0.2, 0) is 23.4 Å². The maximum Gasteiger partial charge on any atom is 0.459 e. The molecule has 0 aliphatic carbocycles. The molecule has 0 amide bonds. The molecule has 16 heteroatoms. The SMILES string of the molecule is CCOc1nc(C)nc2c1ncn2[C@@H]1O[C@](F)(CO[P@@](=O)(N[C@H](C)C(=O)OC(C)C)Oc2ccccc2)[C@@H](O)[C@H]1O. The first-order valence-corrected chi connectivity index (χ1v) is 14.4. The zero-order valence-corrected chi connectivity index (χ0v) is 24.0. The highest BCUT2D eigenvalue weighted by molar-refractivity contribution is 7.52. The molecule has 0 spiro atoms. The van der Waals surface area contributed by atoms with Gasteiger partial charge in [-0.3, -0.25) is 13.9 Å². The van der Waals surface area contributed by atoms with Gasteiger partial charge in [0.2, 0.25) is 5.88 Å². The van der Waals surface area contributed by atoms with Crippen LogP contribution in [0.4, 0.5) is 4.39 Å². The number of aryl methyl sites for hydroxylation is 1. The summed E-state index contributed by atoms with van der Waals surface area (Å²) in [5, 5.41) is 23.8. The largest absolute Gasteiger partial charge is 0.476 e. The lowest BCUT2D eigenvalue weighted by molar-refractivity contribution is -0.202. The average molecular weight is 598 g/mol. The number of imidazole rings is 1. The van der Waals surface area contributed by atoms with E-state index in [1.807, 2.05) is 0 Å². The number of aliphatic hydroxyl groups is 2. The van der Waals surface area contributed by atoms with E-state index in [9.17, 15) is 19.6 Å². The molecular weight excluding hydrogens is 564 g/mol. The van der Waals surface area contributed by atoms with Gasteiger partial charge in [0.1, 0.15) is 36.4 Å². The minimum Gasteiger partial charge on any atom is -0.476 e. The zero-order chi connectivity index (χ0) is 29.9. The van der Waals surface area contributed by atoms with Gasteiger partial charge in [0.25, 0.3) is 5.85 Å². The molecule has 4 rings (SSSR count). The number of ether oxygens (including phenoxy) is 3. The minimum atomic E-state index is -4.50. The van der Waals surface area contributed by atoms with Gasteiger partial charge in [-0.1, -0.05) is 18.2 Å². The highest BCUT2D eigenvalue weighted by Crippen LogP contribution is 2.48. The summed E-state index contributed by atoms with van der Waals surface area (Å²) in [5.74, 6) is -3.22. The third-order valence-electron chi connectivity index (χ3n) is 5.89. The topological polar surface area (TPSA) is 176 Å². The molecule has 14 nitrogen and oxygen atoms in total. The molecule has 2 aromatic heterocycles. The van der Waals surface area contributed by atoms with E-state index in [1.54, 1.807) is 45.9 Å². The molecule has 0 unspecified atom stereocenters. The molecule has 1 aliphatic heterocycles. The number of alkyl halides is 1. The monoisotopic (exact) mass is 597 g/mol. The van der Waals surface area contributed by atoms with Crippen LogP contribution in [0.25, 0.3) is 11.2 Å². The first kappa shape index (κ1) is 30.8. The predicted octanol–water partition coefficient (Wildman–Crippen LogP) is 2.58. The van der Waals surface area contributed by atoms with Gasteiger partial charge >= 0.3 is 13.7 Å². The Morgan fingerprint density at radius 2 is 1.95 bits per heavy atom. The Balaban J connectivity index is 1.57. The summed E-state index contributed by atoms with van der Waals surface area (Å²) in [5.41, 5.74) is 0.405. The van der Waals surface area contributed by atoms with Crippen LogP contribution in [0.1, 0.15) is 39.7 Å². The van der Waals surface area contributed by atoms with E-state index in [2.05, 4.69) is 20.0 Å². The van der Waals surface area contributed by atoms with Crippen molar-refractivity contribution in [1.82, 2.24) is 24.6 Å². The number of hydrogen-bond acceptors (Lipinski definition) is 12. The van der Waals surface area contributed by atoms with Gasteiger partial charge in [-0.05, 0) is 46.8 Å². The lowest BCUT2D eigenvalue weighted by atomic mass is 10.1. The number of nitrogens with one attached hydrogen (secondary N) is 1. The van der Waals surface area contributed by atoms with Crippen LogP contribution in [0.3, 0.4) is 0 Å². The number of carbonyl (C=O) groups is 1. The van der Waals surface area contributed by atoms with Gasteiger partial charge in [-0.2, -0.15) is 10.1 Å². The van der Waals surface area contributed by atoms with E-state index in [-0.39, 0.29) is 22.8 Å². The molecule has 1 saturated heterocycles. The predicted molar refractivity (Wildman–Crippen MR) is 142 cm³/mol. The van der Waals surface area contributed by atoms with Crippen molar-refractivity contribution in [3.8, 4) is 11.6 Å². The number of halogens is 1.